The van der Waals surface area contributed by atoms with Gasteiger partial charge in [0, 0.05) is 19.3 Å². The van der Waals surface area contributed by atoms with E-state index in [1.54, 1.807) is 43.2 Å². The predicted molar refractivity (Wildman–Crippen MR) is 68.6 cm³/mol. The number of rotatable bonds is 3. The zero-order chi connectivity index (χ0) is 13.1. The Kier molecular flexibility index (Phi) is 3.06. The van der Waals surface area contributed by atoms with Crippen LogP contribution in [0.1, 0.15) is 5.56 Å². The monoisotopic (exact) mass is 243 g/mol. The third-order valence-corrected chi connectivity index (χ3v) is 2.44. The normalized spacial score (nSPS) is 9.83. The first-order valence-electron chi connectivity index (χ1n) is 5.28. The minimum Gasteiger partial charge on any atom is -0.495 e. The Morgan fingerprint density at radius 1 is 1.50 bits per heavy atom. The van der Waals surface area contributed by atoms with E-state index in [1.807, 2.05) is 0 Å². The lowest BCUT2D eigenvalue weighted by Crippen LogP contribution is -1.98. The van der Waals surface area contributed by atoms with Crippen LogP contribution in [0.15, 0.2) is 24.4 Å². The second kappa shape index (κ2) is 4.67. The first-order chi connectivity index (χ1) is 8.63. The van der Waals surface area contributed by atoms with Crippen LogP contribution in [0, 0.1) is 11.3 Å². The van der Waals surface area contributed by atoms with E-state index in [9.17, 15) is 0 Å². The van der Waals surface area contributed by atoms with Gasteiger partial charge in [0.1, 0.15) is 5.75 Å². The topological polar surface area (TPSA) is 88.9 Å². The predicted octanol–water partition coefficient (Wildman–Crippen LogP) is 1.63. The molecule has 6 heteroatoms. The zero-order valence-electron chi connectivity index (χ0n) is 10.1. The molecule has 2 aromatic rings. The van der Waals surface area contributed by atoms with Crippen molar-refractivity contribution in [2.24, 2.45) is 7.05 Å². The molecule has 0 atom stereocenters. The Bertz CT molecular complexity index is 611. The number of nitrogens with zero attached hydrogens (tertiary/aromatic N) is 3. The highest BCUT2D eigenvalue weighted by atomic mass is 16.5. The molecule has 1 aromatic carbocycles. The molecule has 0 saturated heterocycles. The van der Waals surface area contributed by atoms with E-state index < -0.39 is 0 Å². The Morgan fingerprint density at radius 2 is 2.28 bits per heavy atom. The maximum atomic E-state index is 8.82. The molecule has 1 heterocycles. The number of anilines is 3. The number of benzene rings is 1. The fourth-order valence-corrected chi connectivity index (χ4v) is 1.60. The number of hydrogen-bond acceptors (Lipinski definition) is 5. The number of nitriles is 1. The maximum Gasteiger partial charge on any atom is 0.175 e. The zero-order valence-corrected chi connectivity index (χ0v) is 10.1. The molecule has 0 saturated carbocycles. The number of methoxy groups -OCH3 is 1. The van der Waals surface area contributed by atoms with E-state index in [-0.39, 0.29) is 0 Å². The molecule has 2 rings (SSSR count). The summed E-state index contributed by atoms with van der Waals surface area (Å²) in [5.74, 6) is 1.12. The highest BCUT2D eigenvalue weighted by Gasteiger charge is 2.09. The highest BCUT2D eigenvalue weighted by Crippen LogP contribution is 2.29. The summed E-state index contributed by atoms with van der Waals surface area (Å²) >= 11 is 0. The van der Waals surface area contributed by atoms with E-state index in [1.165, 1.54) is 0 Å². The molecule has 6 nitrogen and oxygen atoms in total. The standard InChI is InChI=1S/C12H13N5O/c1-17-7-9(14)12(16-17)15-10-4-3-8(6-13)5-11(10)18-2/h3-5,7H,14H2,1-2H3,(H,15,16). The summed E-state index contributed by atoms with van der Waals surface area (Å²) in [5, 5.41) is 16.1. The van der Waals surface area contributed by atoms with Gasteiger partial charge in [-0.3, -0.25) is 4.68 Å². The molecular formula is C12H13N5O. The minimum absolute atomic E-state index is 0.534. The Balaban J connectivity index is 2.34. The molecule has 0 radical (unpaired) electrons. The molecule has 0 aliphatic heterocycles. The fraction of sp³-hybridized carbons (Fsp3) is 0.167. The summed E-state index contributed by atoms with van der Waals surface area (Å²) in [6, 6.07) is 7.16. The largest absolute Gasteiger partial charge is 0.495 e. The highest BCUT2D eigenvalue weighted by molar-refractivity contribution is 5.72. The van der Waals surface area contributed by atoms with Crippen molar-refractivity contribution in [1.82, 2.24) is 9.78 Å². The Hall–Kier alpha value is -2.68. The fourth-order valence-electron chi connectivity index (χ4n) is 1.60. The number of nitrogen functional groups attached to an aromatic ring is 1. The lowest BCUT2D eigenvalue weighted by atomic mass is 10.2. The van der Waals surface area contributed by atoms with Crippen molar-refractivity contribution in [2.45, 2.75) is 0 Å². The van der Waals surface area contributed by atoms with Gasteiger partial charge in [0.05, 0.1) is 30.1 Å². The summed E-state index contributed by atoms with van der Waals surface area (Å²) in [7, 11) is 3.33. The second-order valence-electron chi connectivity index (χ2n) is 3.76. The van der Waals surface area contributed by atoms with Crippen LogP contribution >= 0.6 is 0 Å². The van der Waals surface area contributed by atoms with Gasteiger partial charge < -0.3 is 15.8 Å². The molecule has 18 heavy (non-hydrogen) atoms. The molecule has 0 unspecified atom stereocenters. The third-order valence-electron chi connectivity index (χ3n) is 2.44. The molecule has 0 spiro atoms. The van der Waals surface area contributed by atoms with Crippen molar-refractivity contribution >= 4 is 17.2 Å². The SMILES string of the molecule is COc1cc(C#N)ccc1Nc1nn(C)cc1N. The number of nitrogens with two attached hydrogens (primary N) is 1. The van der Waals surface area contributed by atoms with E-state index >= 15 is 0 Å². The van der Waals surface area contributed by atoms with Crippen LogP contribution < -0.4 is 15.8 Å². The third kappa shape index (κ3) is 2.20. The Labute approximate surface area is 105 Å². The lowest BCUT2D eigenvalue weighted by Gasteiger charge is -2.09. The summed E-state index contributed by atoms with van der Waals surface area (Å²) in [5.41, 5.74) is 7.59. The number of nitrogens with one attached hydrogen (secondary N) is 1. The summed E-state index contributed by atoms with van der Waals surface area (Å²) < 4.78 is 6.84. The van der Waals surface area contributed by atoms with Gasteiger partial charge in [-0.25, -0.2) is 0 Å². The Morgan fingerprint density at radius 3 is 2.83 bits per heavy atom. The van der Waals surface area contributed by atoms with Crippen LogP contribution in [0.2, 0.25) is 0 Å². The summed E-state index contributed by atoms with van der Waals surface area (Å²) in [4.78, 5) is 0. The number of aryl methyl sites for hydroxylation is 1. The lowest BCUT2D eigenvalue weighted by molar-refractivity contribution is 0.416. The van der Waals surface area contributed by atoms with Gasteiger partial charge in [0.2, 0.25) is 0 Å². The van der Waals surface area contributed by atoms with E-state index in [2.05, 4.69) is 16.5 Å². The molecule has 1 aromatic heterocycles. The van der Waals surface area contributed by atoms with Crippen molar-refractivity contribution in [2.75, 3.05) is 18.2 Å². The molecule has 0 fully saturated rings. The van der Waals surface area contributed by atoms with Crippen LogP contribution in [-0.4, -0.2) is 16.9 Å². The van der Waals surface area contributed by atoms with E-state index in [0.29, 0.717) is 28.5 Å². The van der Waals surface area contributed by atoms with E-state index in [0.717, 1.165) is 0 Å². The van der Waals surface area contributed by atoms with Crippen molar-refractivity contribution < 1.29 is 4.74 Å². The number of aromatic nitrogens is 2. The van der Waals surface area contributed by atoms with E-state index in [4.69, 9.17) is 15.7 Å². The number of hydrogen-bond donors (Lipinski definition) is 2. The van der Waals surface area contributed by atoms with Gasteiger partial charge in [0.15, 0.2) is 5.82 Å². The smallest absolute Gasteiger partial charge is 0.175 e. The molecular weight excluding hydrogens is 230 g/mol. The van der Waals surface area contributed by atoms with Crippen molar-refractivity contribution in [3.05, 3.63) is 30.0 Å². The molecule has 92 valence electrons. The van der Waals surface area contributed by atoms with Crippen LogP contribution in [0.5, 0.6) is 5.75 Å². The van der Waals surface area contributed by atoms with Crippen molar-refractivity contribution in [3.8, 4) is 11.8 Å². The van der Waals surface area contributed by atoms with Gasteiger partial charge in [-0.1, -0.05) is 0 Å². The van der Waals surface area contributed by atoms with Gasteiger partial charge in [-0.05, 0) is 12.1 Å². The van der Waals surface area contributed by atoms with Crippen molar-refractivity contribution in [3.63, 3.8) is 0 Å². The first kappa shape index (κ1) is 11.8. The molecule has 0 amide bonds. The molecule has 0 aliphatic rings. The van der Waals surface area contributed by atoms with Crippen LogP contribution in [0.25, 0.3) is 0 Å². The van der Waals surface area contributed by atoms with Gasteiger partial charge in [-0.15, -0.1) is 0 Å². The van der Waals surface area contributed by atoms with Gasteiger partial charge in [0.25, 0.3) is 0 Å². The molecule has 3 N–H and O–H groups in total. The van der Waals surface area contributed by atoms with Crippen LogP contribution in [0.3, 0.4) is 0 Å². The average Bonchev–Trinajstić information content (AvgIpc) is 2.68. The van der Waals surface area contributed by atoms with Crippen LogP contribution in [-0.2, 0) is 7.05 Å². The summed E-state index contributed by atoms with van der Waals surface area (Å²) in [6.45, 7) is 0. The minimum atomic E-state index is 0.534. The van der Waals surface area contributed by atoms with Crippen molar-refractivity contribution in [1.29, 1.82) is 5.26 Å². The van der Waals surface area contributed by atoms with Crippen LogP contribution in [0.4, 0.5) is 17.2 Å². The maximum absolute atomic E-state index is 8.82. The average molecular weight is 243 g/mol. The van der Waals surface area contributed by atoms with Gasteiger partial charge in [-0.2, -0.15) is 10.4 Å². The quantitative estimate of drug-likeness (QED) is 0.855. The molecule has 0 bridgehead atoms. The second-order valence-corrected chi connectivity index (χ2v) is 3.76. The van der Waals surface area contributed by atoms with Gasteiger partial charge >= 0.3 is 0 Å². The first-order valence-corrected chi connectivity index (χ1v) is 5.28. The summed E-state index contributed by atoms with van der Waals surface area (Å²) in [6.07, 6.45) is 1.71. The number of ether oxygens (including phenoxy) is 1. The molecule has 0 aliphatic carbocycles.